The fourth-order valence-corrected chi connectivity index (χ4v) is 4.09. The summed E-state index contributed by atoms with van der Waals surface area (Å²) in [4.78, 5) is 11.8. The highest BCUT2D eigenvalue weighted by atomic mass is 32.2. The number of rotatable bonds is 5. The zero-order chi connectivity index (χ0) is 16.4. The summed E-state index contributed by atoms with van der Waals surface area (Å²) in [6.07, 6.45) is 0. The molecule has 0 aliphatic rings. The first-order valence-corrected chi connectivity index (χ1v) is 9.19. The molecule has 3 rings (SSSR count). The molecule has 5 nitrogen and oxygen atoms in total. The Morgan fingerprint density at radius 1 is 1.22 bits per heavy atom. The van der Waals surface area contributed by atoms with E-state index >= 15 is 0 Å². The van der Waals surface area contributed by atoms with Gasteiger partial charge in [-0.2, -0.15) is 0 Å². The van der Waals surface area contributed by atoms with E-state index in [1.54, 1.807) is 16.3 Å². The summed E-state index contributed by atoms with van der Waals surface area (Å²) >= 11 is 2.87. The molecule has 0 bridgehead atoms. The van der Waals surface area contributed by atoms with E-state index in [9.17, 15) is 4.79 Å². The maximum Gasteiger partial charge on any atom is 0.307 e. The van der Waals surface area contributed by atoms with E-state index in [1.807, 2.05) is 25.3 Å². The van der Waals surface area contributed by atoms with Crippen LogP contribution in [-0.4, -0.2) is 25.1 Å². The van der Waals surface area contributed by atoms with Crippen LogP contribution in [0.2, 0.25) is 0 Å². The molecule has 0 saturated heterocycles. The van der Waals surface area contributed by atoms with Crippen molar-refractivity contribution in [2.45, 2.75) is 32.5 Å². The first-order valence-electron chi connectivity index (χ1n) is 7.33. The van der Waals surface area contributed by atoms with Crippen LogP contribution in [-0.2, 0) is 6.54 Å². The van der Waals surface area contributed by atoms with E-state index in [0.29, 0.717) is 6.54 Å². The fourth-order valence-electron chi connectivity index (χ4n) is 2.40. The van der Waals surface area contributed by atoms with Gasteiger partial charge in [-0.25, -0.2) is 0 Å². The summed E-state index contributed by atoms with van der Waals surface area (Å²) in [5.41, 5.74) is 3.28. The molecule has 0 unspecified atom stereocenters. The Balaban J connectivity index is 1.78. The van der Waals surface area contributed by atoms with Gasteiger partial charge >= 0.3 is 4.87 Å². The molecule has 3 aromatic rings. The number of aryl methyl sites for hydroxylation is 3. The molecule has 2 aromatic heterocycles. The van der Waals surface area contributed by atoms with Crippen molar-refractivity contribution in [3.05, 3.63) is 56.4 Å². The Morgan fingerprint density at radius 3 is 2.74 bits per heavy atom. The molecule has 23 heavy (non-hydrogen) atoms. The average Bonchev–Trinajstić information content (AvgIpc) is 3.04. The lowest BCUT2D eigenvalue weighted by molar-refractivity contribution is 0.728. The van der Waals surface area contributed by atoms with Crippen LogP contribution in [0.4, 0.5) is 0 Å². The monoisotopic (exact) mass is 346 g/mol. The summed E-state index contributed by atoms with van der Waals surface area (Å²) < 4.78 is 3.86. The zero-order valence-electron chi connectivity index (χ0n) is 13.3. The van der Waals surface area contributed by atoms with Crippen LogP contribution in [0.5, 0.6) is 0 Å². The Hall–Kier alpha value is -1.86. The molecular formula is C16H18N4OS2. The molecule has 0 atom stereocenters. The van der Waals surface area contributed by atoms with E-state index in [1.165, 1.54) is 16.9 Å². The van der Waals surface area contributed by atoms with Gasteiger partial charge in [0.2, 0.25) is 0 Å². The first kappa shape index (κ1) is 16.0. The predicted octanol–water partition coefficient (Wildman–Crippen LogP) is 3.21. The SMILES string of the molecule is Cc1cccc(-n2c(C)nnc2SCCn2c(C)csc2=O)c1. The highest BCUT2D eigenvalue weighted by molar-refractivity contribution is 7.99. The van der Waals surface area contributed by atoms with E-state index in [-0.39, 0.29) is 4.87 Å². The van der Waals surface area contributed by atoms with Crippen molar-refractivity contribution in [3.8, 4) is 5.69 Å². The van der Waals surface area contributed by atoms with Crippen LogP contribution in [0.3, 0.4) is 0 Å². The molecule has 0 saturated carbocycles. The quantitative estimate of drug-likeness (QED) is 0.666. The van der Waals surface area contributed by atoms with Crippen molar-refractivity contribution in [1.82, 2.24) is 19.3 Å². The third kappa shape index (κ3) is 3.40. The largest absolute Gasteiger partial charge is 0.307 e. The summed E-state index contributed by atoms with van der Waals surface area (Å²) in [6, 6.07) is 8.28. The Kier molecular flexibility index (Phi) is 4.68. The van der Waals surface area contributed by atoms with Gasteiger partial charge < -0.3 is 4.57 Å². The maximum absolute atomic E-state index is 11.8. The lowest BCUT2D eigenvalue weighted by Crippen LogP contribution is -2.16. The highest BCUT2D eigenvalue weighted by Crippen LogP contribution is 2.22. The Morgan fingerprint density at radius 2 is 2.04 bits per heavy atom. The number of thioether (sulfide) groups is 1. The van der Waals surface area contributed by atoms with Gasteiger partial charge in [-0.05, 0) is 38.5 Å². The van der Waals surface area contributed by atoms with Crippen molar-refractivity contribution in [3.63, 3.8) is 0 Å². The number of thiazole rings is 1. The number of nitrogens with zero attached hydrogens (tertiary/aromatic N) is 4. The lowest BCUT2D eigenvalue weighted by atomic mass is 10.2. The van der Waals surface area contributed by atoms with Gasteiger partial charge in [-0.1, -0.05) is 35.2 Å². The average molecular weight is 346 g/mol. The normalized spacial score (nSPS) is 11.1. The molecule has 0 spiro atoms. The topological polar surface area (TPSA) is 52.7 Å². The molecule has 0 amide bonds. The molecular weight excluding hydrogens is 328 g/mol. The second-order valence-electron chi connectivity index (χ2n) is 5.35. The molecule has 0 N–H and O–H groups in total. The van der Waals surface area contributed by atoms with Gasteiger partial charge in [0.1, 0.15) is 5.82 Å². The van der Waals surface area contributed by atoms with Gasteiger partial charge in [0.15, 0.2) is 5.16 Å². The third-order valence-electron chi connectivity index (χ3n) is 3.58. The number of aromatic nitrogens is 4. The van der Waals surface area contributed by atoms with Gasteiger partial charge in [0, 0.05) is 29.1 Å². The van der Waals surface area contributed by atoms with E-state index in [2.05, 4.69) is 39.9 Å². The van der Waals surface area contributed by atoms with E-state index in [4.69, 9.17) is 0 Å². The van der Waals surface area contributed by atoms with Gasteiger partial charge in [0.25, 0.3) is 0 Å². The number of hydrogen-bond donors (Lipinski definition) is 0. The third-order valence-corrected chi connectivity index (χ3v) is 5.37. The van der Waals surface area contributed by atoms with Gasteiger partial charge in [0.05, 0.1) is 0 Å². The van der Waals surface area contributed by atoms with Crippen molar-refractivity contribution in [1.29, 1.82) is 0 Å². The molecule has 7 heteroatoms. The minimum Gasteiger partial charge on any atom is -0.303 e. The predicted molar refractivity (Wildman–Crippen MR) is 94.9 cm³/mol. The molecule has 0 radical (unpaired) electrons. The standard InChI is InChI=1S/C16H18N4OS2/c1-11-5-4-6-14(9-11)20-13(3)17-18-15(20)22-8-7-19-12(2)10-23-16(19)21/h4-6,9-10H,7-8H2,1-3H3. The molecule has 0 aliphatic heterocycles. The van der Waals surface area contributed by atoms with Crippen LogP contribution in [0.15, 0.2) is 39.6 Å². The lowest BCUT2D eigenvalue weighted by Gasteiger charge is -2.09. The van der Waals surface area contributed by atoms with Crippen molar-refractivity contribution < 1.29 is 0 Å². The second-order valence-corrected chi connectivity index (χ2v) is 7.23. The van der Waals surface area contributed by atoms with Crippen LogP contribution in [0, 0.1) is 20.8 Å². The Labute approximate surface area is 143 Å². The van der Waals surface area contributed by atoms with Crippen molar-refractivity contribution in [2.75, 3.05) is 5.75 Å². The van der Waals surface area contributed by atoms with Crippen LogP contribution < -0.4 is 4.87 Å². The number of benzene rings is 1. The summed E-state index contributed by atoms with van der Waals surface area (Å²) in [5.74, 6) is 1.64. The van der Waals surface area contributed by atoms with Crippen molar-refractivity contribution >= 4 is 23.1 Å². The molecule has 120 valence electrons. The minimum atomic E-state index is 0.0967. The first-order chi connectivity index (χ1) is 11.1. The Bertz CT molecular complexity index is 878. The zero-order valence-corrected chi connectivity index (χ0v) is 14.9. The summed E-state index contributed by atoms with van der Waals surface area (Å²) in [7, 11) is 0. The second kappa shape index (κ2) is 6.72. The van der Waals surface area contributed by atoms with Crippen LogP contribution in [0.1, 0.15) is 17.1 Å². The van der Waals surface area contributed by atoms with E-state index in [0.717, 1.165) is 28.1 Å². The molecule has 0 fully saturated rings. The smallest absolute Gasteiger partial charge is 0.303 e. The van der Waals surface area contributed by atoms with Gasteiger partial charge in [-0.15, -0.1) is 10.2 Å². The fraction of sp³-hybridized carbons (Fsp3) is 0.312. The minimum absolute atomic E-state index is 0.0967. The summed E-state index contributed by atoms with van der Waals surface area (Å²) in [6.45, 7) is 6.66. The van der Waals surface area contributed by atoms with Gasteiger partial charge in [-0.3, -0.25) is 9.36 Å². The number of hydrogen-bond acceptors (Lipinski definition) is 5. The van der Waals surface area contributed by atoms with Crippen LogP contribution in [0.25, 0.3) is 5.69 Å². The molecule has 1 aromatic carbocycles. The molecule has 0 aliphatic carbocycles. The van der Waals surface area contributed by atoms with Crippen LogP contribution >= 0.6 is 23.1 Å². The van der Waals surface area contributed by atoms with E-state index < -0.39 is 0 Å². The van der Waals surface area contributed by atoms with Crippen molar-refractivity contribution in [2.24, 2.45) is 0 Å². The maximum atomic E-state index is 11.8. The highest BCUT2D eigenvalue weighted by Gasteiger charge is 2.12. The summed E-state index contributed by atoms with van der Waals surface area (Å²) in [5, 5.41) is 11.2. The molecule has 2 heterocycles.